The number of carbonyl (C=O) groups is 1. The minimum absolute atomic E-state index is 0.0446. The average Bonchev–Trinajstić information content (AvgIpc) is 3.15. The predicted octanol–water partition coefficient (Wildman–Crippen LogP) is 3.77. The van der Waals surface area contributed by atoms with Gasteiger partial charge in [0.1, 0.15) is 0 Å². The quantitative estimate of drug-likeness (QED) is 0.669. The molecule has 2 aromatic heterocycles. The number of rotatable bonds is 6. The van der Waals surface area contributed by atoms with Gasteiger partial charge in [-0.1, -0.05) is 23.9 Å². The molecule has 0 aliphatic heterocycles. The van der Waals surface area contributed by atoms with Crippen LogP contribution < -0.4 is 5.32 Å². The lowest BCUT2D eigenvalue weighted by molar-refractivity contribution is -0.120. The molecule has 1 unspecified atom stereocenters. The molecule has 3 rings (SSSR count). The summed E-state index contributed by atoms with van der Waals surface area (Å²) in [5.41, 5.74) is 3.14. The van der Waals surface area contributed by atoms with Crippen LogP contribution in [0.4, 0.5) is 0 Å². The number of aromatic nitrogens is 2. The van der Waals surface area contributed by atoms with Gasteiger partial charge in [0.15, 0.2) is 5.16 Å². The molecule has 0 fully saturated rings. The highest BCUT2D eigenvalue weighted by Gasteiger charge is 2.16. The first kappa shape index (κ1) is 16.1. The minimum Gasteiger partial charge on any atom is -0.355 e. The number of thiophene rings is 1. The fourth-order valence-electron chi connectivity index (χ4n) is 2.28. The number of fused-ring (bicyclic) bond motifs is 1. The number of carbonyl (C=O) groups excluding carboxylic acids is 1. The molecule has 3 aromatic rings. The Morgan fingerprint density at radius 3 is 3.09 bits per heavy atom. The standard InChI is InChI=1S/C17H19N3OS2/c1-11-5-6-14-15(10-11)20-17(19-14)23-12(2)16(21)18-8-7-13-4-3-9-22-13/h3-6,9-10,12H,7-8H2,1-2H3,(H,18,21)(H,19,20). The Kier molecular flexibility index (Phi) is 5.03. The lowest BCUT2D eigenvalue weighted by atomic mass is 10.2. The van der Waals surface area contributed by atoms with E-state index >= 15 is 0 Å². The van der Waals surface area contributed by atoms with Crippen molar-refractivity contribution in [3.8, 4) is 0 Å². The van der Waals surface area contributed by atoms with E-state index < -0.39 is 0 Å². The molecule has 0 saturated carbocycles. The van der Waals surface area contributed by atoms with E-state index in [1.807, 2.05) is 25.1 Å². The summed E-state index contributed by atoms with van der Waals surface area (Å²) in [6, 6.07) is 10.2. The first-order chi connectivity index (χ1) is 11.1. The van der Waals surface area contributed by atoms with Crippen LogP contribution in [-0.4, -0.2) is 27.7 Å². The summed E-state index contributed by atoms with van der Waals surface area (Å²) in [5, 5.41) is 5.65. The van der Waals surface area contributed by atoms with Crippen LogP contribution in [0.25, 0.3) is 11.0 Å². The third kappa shape index (κ3) is 4.14. The van der Waals surface area contributed by atoms with Gasteiger partial charge in [-0.25, -0.2) is 4.98 Å². The summed E-state index contributed by atoms with van der Waals surface area (Å²) < 4.78 is 0. The van der Waals surface area contributed by atoms with Crippen molar-refractivity contribution in [2.75, 3.05) is 6.54 Å². The summed E-state index contributed by atoms with van der Waals surface area (Å²) in [6.45, 7) is 4.63. The molecule has 0 radical (unpaired) electrons. The fraction of sp³-hybridized carbons (Fsp3) is 0.294. The number of imidazole rings is 1. The number of nitrogens with zero attached hydrogens (tertiary/aromatic N) is 1. The van der Waals surface area contributed by atoms with Crippen molar-refractivity contribution in [3.63, 3.8) is 0 Å². The van der Waals surface area contributed by atoms with E-state index in [1.54, 1.807) is 11.3 Å². The first-order valence-corrected chi connectivity index (χ1v) is 9.31. The molecule has 2 N–H and O–H groups in total. The number of aromatic amines is 1. The van der Waals surface area contributed by atoms with Crippen LogP contribution in [0.5, 0.6) is 0 Å². The van der Waals surface area contributed by atoms with E-state index in [0.717, 1.165) is 22.6 Å². The number of H-pyrrole nitrogens is 1. The van der Waals surface area contributed by atoms with Crippen LogP contribution in [0.3, 0.4) is 0 Å². The number of thioether (sulfide) groups is 1. The van der Waals surface area contributed by atoms with Crippen LogP contribution in [-0.2, 0) is 11.2 Å². The molecule has 1 atom stereocenters. The number of hydrogen-bond acceptors (Lipinski definition) is 4. The van der Waals surface area contributed by atoms with Gasteiger partial charge in [-0.3, -0.25) is 4.79 Å². The summed E-state index contributed by atoms with van der Waals surface area (Å²) >= 11 is 3.17. The third-order valence-corrected chi connectivity index (χ3v) is 5.44. The second-order valence-corrected chi connectivity index (χ2v) is 7.80. The largest absolute Gasteiger partial charge is 0.355 e. The zero-order chi connectivity index (χ0) is 16.2. The van der Waals surface area contributed by atoms with Gasteiger partial charge >= 0.3 is 0 Å². The molecule has 0 aliphatic rings. The Morgan fingerprint density at radius 1 is 1.43 bits per heavy atom. The van der Waals surface area contributed by atoms with Crippen LogP contribution in [0.2, 0.25) is 0 Å². The minimum atomic E-state index is -0.181. The van der Waals surface area contributed by atoms with E-state index in [2.05, 4.69) is 39.7 Å². The van der Waals surface area contributed by atoms with E-state index in [0.29, 0.717) is 6.54 Å². The van der Waals surface area contributed by atoms with Gasteiger partial charge in [0.25, 0.3) is 0 Å². The second kappa shape index (κ2) is 7.19. The van der Waals surface area contributed by atoms with Crippen molar-refractivity contribution in [2.24, 2.45) is 0 Å². The molecule has 6 heteroatoms. The molecule has 23 heavy (non-hydrogen) atoms. The van der Waals surface area contributed by atoms with Gasteiger partial charge in [-0.05, 0) is 49.4 Å². The fourth-order valence-corrected chi connectivity index (χ4v) is 3.84. The molecule has 0 aliphatic carbocycles. The maximum atomic E-state index is 12.2. The van der Waals surface area contributed by atoms with E-state index in [4.69, 9.17) is 0 Å². The van der Waals surface area contributed by atoms with E-state index in [9.17, 15) is 4.79 Å². The lowest BCUT2D eigenvalue weighted by Crippen LogP contribution is -2.32. The molecule has 4 nitrogen and oxygen atoms in total. The van der Waals surface area contributed by atoms with Gasteiger partial charge in [0.2, 0.25) is 5.91 Å². The molecule has 0 bridgehead atoms. The van der Waals surface area contributed by atoms with Crippen LogP contribution >= 0.6 is 23.1 Å². The van der Waals surface area contributed by atoms with Gasteiger partial charge < -0.3 is 10.3 Å². The van der Waals surface area contributed by atoms with Crippen LogP contribution in [0, 0.1) is 6.92 Å². The number of amides is 1. The zero-order valence-electron chi connectivity index (χ0n) is 13.1. The predicted molar refractivity (Wildman–Crippen MR) is 97.2 cm³/mol. The van der Waals surface area contributed by atoms with Gasteiger partial charge in [0.05, 0.1) is 16.3 Å². The molecular weight excluding hydrogens is 326 g/mol. The number of benzene rings is 1. The van der Waals surface area contributed by atoms with Crippen molar-refractivity contribution in [2.45, 2.75) is 30.7 Å². The smallest absolute Gasteiger partial charge is 0.233 e. The number of nitrogens with one attached hydrogen (secondary N) is 2. The second-order valence-electron chi connectivity index (χ2n) is 5.44. The molecular formula is C17H19N3OS2. The van der Waals surface area contributed by atoms with Gasteiger partial charge in [-0.15, -0.1) is 11.3 Å². The Morgan fingerprint density at radius 2 is 2.30 bits per heavy atom. The monoisotopic (exact) mass is 345 g/mol. The average molecular weight is 345 g/mol. The topological polar surface area (TPSA) is 57.8 Å². The SMILES string of the molecule is Cc1ccc2nc(SC(C)C(=O)NCCc3cccs3)[nH]c2c1. The summed E-state index contributed by atoms with van der Waals surface area (Å²) in [4.78, 5) is 21.3. The highest BCUT2D eigenvalue weighted by Crippen LogP contribution is 2.24. The highest BCUT2D eigenvalue weighted by molar-refractivity contribution is 8.00. The van der Waals surface area contributed by atoms with Crippen molar-refractivity contribution >= 4 is 40.0 Å². The summed E-state index contributed by atoms with van der Waals surface area (Å²) in [7, 11) is 0. The van der Waals surface area contributed by atoms with Crippen molar-refractivity contribution < 1.29 is 4.79 Å². The number of aryl methyl sites for hydroxylation is 1. The molecule has 0 saturated heterocycles. The van der Waals surface area contributed by atoms with Crippen molar-refractivity contribution in [3.05, 3.63) is 46.2 Å². The van der Waals surface area contributed by atoms with E-state index in [-0.39, 0.29) is 11.2 Å². The number of hydrogen-bond donors (Lipinski definition) is 2. The van der Waals surface area contributed by atoms with E-state index in [1.165, 1.54) is 22.2 Å². The molecule has 2 heterocycles. The zero-order valence-corrected chi connectivity index (χ0v) is 14.8. The summed E-state index contributed by atoms with van der Waals surface area (Å²) in [6.07, 6.45) is 0.880. The third-order valence-electron chi connectivity index (χ3n) is 3.52. The van der Waals surface area contributed by atoms with Crippen LogP contribution in [0.15, 0.2) is 40.9 Å². The van der Waals surface area contributed by atoms with Crippen molar-refractivity contribution in [1.29, 1.82) is 0 Å². The maximum Gasteiger partial charge on any atom is 0.233 e. The molecule has 0 spiro atoms. The van der Waals surface area contributed by atoms with Crippen molar-refractivity contribution in [1.82, 2.24) is 15.3 Å². The van der Waals surface area contributed by atoms with Gasteiger partial charge in [-0.2, -0.15) is 0 Å². The highest BCUT2D eigenvalue weighted by atomic mass is 32.2. The Labute approximate surface area is 143 Å². The Hall–Kier alpha value is -1.79. The van der Waals surface area contributed by atoms with Crippen LogP contribution in [0.1, 0.15) is 17.4 Å². The normalized spacial score (nSPS) is 12.4. The molecule has 1 amide bonds. The molecule has 1 aromatic carbocycles. The first-order valence-electron chi connectivity index (χ1n) is 7.55. The van der Waals surface area contributed by atoms with Gasteiger partial charge in [0, 0.05) is 11.4 Å². The summed E-state index contributed by atoms with van der Waals surface area (Å²) in [5.74, 6) is 0.0446. The Balaban J connectivity index is 1.54. The Bertz CT molecular complexity index is 795. The lowest BCUT2D eigenvalue weighted by Gasteiger charge is -2.09. The molecule has 120 valence electrons. The maximum absolute atomic E-state index is 12.2.